The van der Waals surface area contributed by atoms with E-state index in [2.05, 4.69) is 44.4 Å². The average molecular weight is 184 g/mol. The molecule has 0 radical (unpaired) electrons. The molecule has 0 aliphatic heterocycles. The SMILES string of the molecule is C=C/C=C\C1=C(C=C)CC(C)=CC=C1. The van der Waals surface area contributed by atoms with Crippen LogP contribution in [0.15, 0.2) is 72.4 Å². The lowest BCUT2D eigenvalue weighted by molar-refractivity contribution is 1.15. The van der Waals surface area contributed by atoms with E-state index in [1.54, 1.807) is 6.08 Å². The fraction of sp³-hybridized carbons (Fsp3) is 0.143. The van der Waals surface area contributed by atoms with Crippen molar-refractivity contribution in [1.82, 2.24) is 0 Å². The Morgan fingerprint density at radius 1 is 1.36 bits per heavy atom. The van der Waals surface area contributed by atoms with Crippen molar-refractivity contribution in [3.63, 3.8) is 0 Å². The van der Waals surface area contributed by atoms with E-state index < -0.39 is 0 Å². The lowest BCUT2D eigenvalue weighted by Gasteiger charge is -2.03. The monoisotopic (exact) mass is 184 g/mol. The Kier molecular flexibility index (Phi) is 3.93. The first-order valence-electron chi connectivity index (χ1n) is 4.76. The van der Waals surface area contributed by atoms with Gasteiger partial charge in [-0.15, -0.1) is 0 Å². The molecule has 0 bridgehead atoms. The van der Waals surface area contributed by atoms with Crippen molar-refractivity contribution in [1.29, 1.82) is 0 Å². The maximum Gasteiger partial charge on any atom is -0.00610 e. The fourth-order valence-corrected chi connectivity index (χ4v) is 1.41. The van der Waals surface area contributed by atoms with Crippen LogP contribution in [0.5, 0.6) is 0 Å². The van der Waals surface area contributed by atoms with Crippen LogP contribution in [0.2, 0.25) is 0 Å². The Labute approximate surface area is 86.3 Å². The summed E-state index contributed by atoms with van der Waals surface area (Å²) in [5.41, 5.74) is 3.84. The molecule has 0 amide bonds. The summed E-state index contributed by atoms with van der Waals surface area (Å²) in [6, 6.07) is 0. The molecule has 1 aliphatic carbocycles. The van der Waals surface area contributed by atoms with Crippen LogP contribution < -0.4 is 0 Å². The van der Waals surface area contributed by atoms with E-state index in [1.807, 2.05) is 12.2 Å². The van der Waals surface area contributed by atoms with Gasteiger partial charge in [-0.1, -0.05) is 61.3 Å². The molecule has 0 unspecified atom stereocenters. The molecule has 0 saturated heterocycles. The summed E-state index contributed by atoms with van der Waals surface area (Å²) in [6.45, 7) is 9.64. The third-order valence-electron chi connectivity index (χ3n) is 2.15. The second-order valence-electron chi connectivity index (χ2n) is 3.33. The van der Waals surface area contributed by atoms with E-state index in [4.69, 9.17) is 0 Å². The summed E-state index contributed by atoms with van der Waals surface area (Å²) in [6.07, 6.45) is 15.0. The smallest absolute Gasteiger partial charge is 0.00610 e. The van der Waals surface area contributed by atoms with Crippen molar-refractivity contribution in [2.24, 2.45) is 0 Å². The molecule has 1 aliphatic rings. The first-order chi connectivity index (χ1) is 6.77. The van der Waals surface area contributed by atoms with Gasteiger partial charge in [0.2, 0.25) is 0 Å². The summed E-state index contributed by atoms with van der Waals surface area (Å²) in [5.74, 6) is 0. The average Bonchev–Trinajstić information content (AvgIpc) is 2.36. The van der Waals surface area contributed by atoms with E-state index in [0.717, 1.165) is 6.42 Å². The zero-order chi connectivity index (χ0) is 10.4. The van der Waals surface area contributed by atoms with Crippen molar-refractivity contribution in [3.05, 3.63) is 72.4 Å². The van der Waals surface area contributed by atoms with Crippen LogP contribution in [-0.4, -0.2) is 0 Å². The standard InChI is InChI=1S/C14H16/c1-4-6-9-14-10-7-8-12(3)11-13(14)5-2/h4-10H,1-2,11H2,3H3/b9-6-. The Morgan fingerprint density at radius 3 is 2.79 bits per heavy atom. The number of hydrogen-bond donors (Lipinski definition) is 0. The van der Waals surface area contributed by atoms with Gasteiger partial charge in [0, 0.05) is 0 Å². The van der Waals surface area contributed by atoms with Crippen molar-refractivity contribution in [3.8, 4) is 0 Å². The minimum absolute atomic E-state index is 0.979. The Hall–Kier alpha value is -1.56. The van der Waals surface area contributed by atoms with Crippen molar-refractivity contribution in [2.45, 2.75) is 13.3 Å². The number of allylic oxidation sites excluding steroid dienone is 10. The van der Waals surface area contributed by atoms with E-state index >= 15 is 0 Å². The third kappa shape index (κ3) is 2.74. The normalized spacial score (nSPS) is 16.8. The summed E-state index contributed by atoms with van der Waals surface area (Å²) in [5, 5.41) is 0. The Balaban J connectivity index is 3.03. The van der Waals surface area contributed by atoms with E-state index in [0.29, 0.717) is 0 Å². The number of hydrogen-bond acceptors (Lipinski definition) is 0. The van der Waals surface area contributed by atoms with Gasteiger partial charge in [-0.05, 0) is 24.5 Å². The molecule has 0 nitrogen and oxygen atoms in total. The molecular weight excluding hydrogens is 168 g/mol. The van der Waals surface area contributed by atoms with Gasteiger partial charge in [0.25, 0.3) is 0 Å². The highest BCUT2D eigenvalue weighted by molar-refractivity contribution is 5.46. The van der Waals surface area contributed by atoms with Crippen LogP contribution >= 0.6 is 0 Å². The Morgan fingerprint density at radius 2 is 2.14 bits per heavy atom. The van der Waals surface area contributed by atoms with Gasteiger partial charge in [0.05, 0.1) is 0 Å². The molecule has 0 aromatic rings. The van der Waals surface area contributed by atoms with Crippen LogP contribution in [0.25, 0.3) is 0 Å². The first kappa shape index (κ1) is 10.5. The molecule has 0 aromatic heterocycles. The van der Waals surface area contributed by atoms with Crippen LogP contribution in [0.4, 0.5) is 0 Å². The summed E-state index contributed by atoms with van der Waals surface area (Å²) in [4.78, 5) is 0. The van der Waals surface area contributed by atoms with Gasteiger partial charge >= 0.3 is 0 Å². The summed E-state index contributed by atoms with van der Waals surface area (Å²) in [7, 11) is 0. The minimum atomic E-state index is 0.979. The van der Waals surface area contributed by atoms with Crippen molar-refractivity contribution in [2.75, 3.05) is 0 Å². The fourth-order valence-electron chi connectivity index (χ4n) is 1.41. The summed E-state index contributed by atoms with van der Waals surface area (Å²) >= 11 is 0. The topological polar surface area (TPSA) is 0 Å². The Bertz CT molecular complexity index is 346. The molecule has 0 spiro atoms. The maximum absolute atomic E-state index is 3.84. The molecule has 1 rings (SSSR count). The van der Waals surface area contributed by atoms with Gasteiger partial charge in [-0.2, -0.15) is 0 Å². The molecule has 0 fully saturated rings. The van der Waals surface area contributed by atoms with E-state index in [9.17, 15) is 0 Å². The third-order valence-corrected chi connectivity index (χ3v) is 2.15. The predicted octanol–water partition coefficient (Wildman–Crippen LogP) is 4.12. The molecule has 72 valence electrons. The molecular formula is C14H16. The van der Waals surface area contributed by atoms with Crippen LogP contribution in [0.1, 0.15) is 13.3 Å². The molecule has 14 heavy (non-hydrogen) atoms. The second-order valence-corrected chi connectivity index (χ2v) is 3.33. The van der Waals surface area contributed by atoms with E-state index in [-0.39, 0.29) is 0 Å². The van der Waals surface area contributed by atoms with Crippen LogP contribution in [-0.2, 0) is 0 Å². The highest BCUT2D eigenvalue weighted by atomic mass is 14.1. The largest absolute Gasteiger partial charge is 0.0991 e. The second kappa shape index (κ2) is 5.23. The summed E-state index contributed by atoms with van der Waals surface area (Å²) < 4.78 is 0. The minimum Gasteiger partial charge on any atom is -0.0991 e. The molecule has 0 atom stereocenters. The van der Waals surface area contributed by atoms with Crippen LogP contribution in [0.3, 0.4) is 0 Å². The maximum atomic E-state index is 3.84. The predicted molar refractivity (Wildman–Crippen MR) is 64.1 cm³/mol. The van der Waals surface area contributed by atoms with Gasteiger partial charge in [-0.25, -0.2) is 0 Å². The highest BCUT2D eigenvalue weighted by Gasteiger charge is 2.01. The molecule has 0 N–H and O–H groups in total. The molecule has 0 aromatic carbocycles. The van der Waals surface area contributed by atoms with Gasteiger partial charge in [-0.3, -0.25) is 0 Å². The van der Waals surface area contributed by atoms with Crippen molar-refractivity contribution < 1.29 is 0 Å². The zero-order valence-corrected chi connectivity index (χ0v) is 8.66. The van der Waals surface area contributed by atoms with Gasteiger partial charge in [0.1, 0.15) is 0 Å². The number of rotatable bonds is 3. The van der Waals surface area contributed by atoms with E-state index in [1.165, 1.54) is 16.7 Å². The lowest BCUT2D eigenvalue weighted by Crippen LogP contribution is -1.84. The van der Waals surface area contributed by atoms with Crippen LogP contribution in [0, 0.1) is 0 Å². The molecule has 0 heteroatoms. The molecule has 0 heterocycles. The lowest BCUT2D eigenvalue weighted by atomic mass is 10.0. The van der Waals surface area contributed by atoms with Gasteiger partial charge in [0.15, 0.2) is 0 Å². The molecule has 0 saturated carbocycles. The quantitative estimate of drug-likeness (QED) is 0.579. The first-order valence-corrected chi connectivity index (χ1v) is 4.76. The highest BCUT2D eigenvalue weighted by Crippen LogP contribution is 2.21. The zero-order valence-electron chi connectivity index (χ0n) is 8.66. The van der Waals surface area contributed by atoms with Crippen molar-refractivity contribution >= 4 is 0 Å². The van der Waals surface area contributed by atoms with Gasteiger partial charge < -0.3 is 0 Å².